The Labute approximate surface area is 156 Å². The molecule has 132 valence electrons. The Hall–Kier alpha value is -3.54. The minimum Gasteiger partial charge on any atom is -0.325 e. The summed E-state index contributed by atoms with van der Waals surface area (Å²) in [6, 6.07) is 18.4. The zero-order valence-corrected chi connectivity index (χ0v) is 14.7. The normalized spacial score (nSPS) is 13.4. The zero-order valence-electron chi connectivity index (χ0n) is 14.7. The topological polar surface area (TPSA) is 66.8 Å². The van der Waals surface area contributed by atoms with Crippen LogP contribution in [0.25, 0.3) is 10.9 Å². The molecular formula is C21H18N6. The van der Waals surface area contributed by atoms with Gasteiger partial charge in [0.25, 0.3) is 0 Å². The first-order chi connectivity index (χ1) is 13.4. The van der Waals surface area contributed by atoms with Gasteiger partial charge in [-0.2, -0.15) is 10.1 Å². The average Bonchev–Trinajstić information content (AvgIpc) is 2.74. The van der Waals surface area contributed by atoms with Gasteiger partial charge in [-0.05, 0) is 36.6 Å². The molecular weight excluding hydrogens is 336 g/mol. The Morgan fingerprint density at radius 3 is 2.89 bits per heavy atom. The summed E-state index contributed by atoms with van der Waals surface area (Å²) in [6.45, 7) is 0.922. The first-order valence-electron chi connectivity index (χ1n) is 9.04. The molecule has 2 aromatic heterocycles. The molecule has 1 aliphatic rings. The summed E-state index contributed by atoms with van der Waals surface area (Å²) in [6.07, 6.45) is 5.69. The smallest absolute Gasteiger partial charge is 0.249 e. The van der Waals surface area contributed by atoms with Gasteiger partial charge in [0.2, 0.25) is 5.95 Å². The maximum atomic E-state index is 4.71. The maximum Gasteiger partial charge on any atom is 0.249 e. The molecule has 0 saturated heterocycles. The molecule has 0 amide bonds. The van der Waals surface area contributed by atoms with Gasteiger partial charge in [0.15, 0.2) is 5.82 Å². The van der Waals surface area contributed by atoms with Gasteiger partial charge >= 0.3 is 0 Å². The van der Waals surface area contributed by atoms with Crippen molar-refractivity contribution in [2.75, 3.05) is 16.8 Å². The number of pyridine rings is 1. The van der Waals surface area contributed by atoms with Gasteiger partial charge in [-0.15, -0.1) is 5.10 Å². The number of para-hydroxylation sites is 2. The van der Waals surface area contributed by atoms with E-state index in [0.29, 0.717) is 5.95 Å². The van der Waals surface area contributed by atoms with E-state index in [-0.39, 0.29) is 0 Å². The predicted octanol–water partition coefficient (Wildman–Crippen LogP) is 4.25. The van der Waals surface area contributed by atoms with Gasteiger partial charge in [0, 0.05) is 23.8 Å². The SMILES string of the molecule is c1ccc2c(c1)CCCN2c1cnnc(Nc2cccc3cccnc23)n1. The highest BCUT2D eigenvalue weighted by Crippen LogP contribution is 2.32. The summed E-state index contributed by atoms with van der Waals surface area (Å²) < 4.78 is 0. The van der Waals surface area contributed by atoms with E-state index in [1.807, 2.05) is 30.3 Å². The fourth-order valence-corrected chi connectivity index (χ4v) is 3.58. The number of nitrogens with one attached hydrogen (secondary N) is 1. The lowest BCUT2D eigenvalue weighted by atomic mass is 10.0. The molecule has 0 atom stereocenters. The van der Waals surface area contributed by atoms with Crippen LogP contribution in [0.4, 0.5) is 23.1 Å². The van der Waals surface area contributed by atoms with Crippen molar-refractivity contribution in [3.05, 3.63) is 72.6 Å². The van der Waals surface area contributed by atoms with Crippen LogP contribution in [0.1, 0.15) is 12.0 Å². The number of anilines is 4. The van der Waals surface area contributed by atoms with E-state index in [1.54, 1.807) is 12.4 Å². The largest absolute Gasteiger partial charge is 0.325 e. The fourth-order valence-electron chi connectivity index (χ4n) is 3.58. The molecule has 1 N–H and O–H groups in total. The molecule has 0 aliphatic carbocycles. The molecule has 0 saturated carbocycles. The van der Waals surface area contributed by atoms with E-state index in [0.717, 1.165) is 41.8 Å². The standard InChI is InChI=1S/C21H18N6/c1-2-11-18-15(6-1)9-5-13-27(18)19-14-23-26-21(25-19)24-17-10-3-7-16-8-4-12-22-20(16)17/h1-4,6-8,10-12,14H,5,9,13H2,(H,24,25,26). The third kappa shape index (κ3) is 2.95. The lowest BCUT2D eigenvalue weighted by Gasteiger charge is -2.30. The fraction of sp³-hybridized carbons (Fsp3) is 0.143. The van der Waals surface area contributed by atoms with Crippen LogP contribution in [-0.2, 0) is 6.42 Å². The molecule has 27 heavy (non-hydrogen) atoms. The first kappa shape index (κ1) is 15.7. The highest BCUT2D eigenvalue weighted by molar-refractivity contribution is 5.91. The molecule has 0 radical (unpaired) electrons. The lowest BCUT2D eigenvalue weighted by Crippen LogP contribution is -2.25. The summed E-state index contributed by atoms with van der Waals surface area (Å²) in [4.78, 5) is 11.4. The molecule has 1 aliphatic heterocycles. The highest BCUT2D eigenvalue weighted by atomic mass is 15.3. The zero-order chi connectivity index (χ0) is 18.1. The van der Waals surface area contributed by atoms with E-state index in [9.17, 15) is 0 Å². The highest BCUT2D eigenvalue weighted by Gasteiger charge is 2.19. The number of hydrogen-bond acceptors (Lipinski definition) is 6. The minimum absolute atomic E-state index is 0.466. The number of nitrogens with zero attached hydrogens (tertiary/aromatic N) is 5. The van der Waals surface area contributed by atoms with Gasteiger partial charge in [0.1, 0.15) is 0 Å². The summed E-state index contributed by atoms with van der Waals surface area (Å²) in [7, 11) is 0. The quantitative estimate of drug-likeness (QED) is 0.593. The van der Waals surface area contributed by atoms with Gasteiger partial charge in [-0.3, -0.25) is 4.98 Å². The molecule has 6 nitrogen and oxygen atoms in total. The number of aryl methyl sites for hydroxylation is 1. The summed E-state index contributed by atoms with van der Waals surface area (Å²) in [5.41, 5.74) is 4.29. The second-order valence-corrected chi connectivity index (χ2v) is 6.53. The Morgan fingerprint density at radius 1 is 0.963 bits per heavy atom. The van der Waals surface area contributed by atoms with Crippen molar-refractivity contribution in [3.8, 4) is 0 Å². The molecule has 2 aromatic carbocycles. The molecule has 0 bridgehead atoms. The summed E-state index contributed by atoms with van der Waals surface area (Å²) in [5.74, 6) is 1.27. The summed E-state index contributed by atoms with van der Waals surface area (Å²) in [5, 5.41) is 12.7. The van der Waals surface area contributed by atoms with Crippen LogP contribution in [0, 0.1) is 0 Å². The van der Waals surface area contributed by atoms with Gasteiger partial charge < -0.3 is 10.2 Å². The van der Waals surface area contributed by atoms with Gasteiger partial charge in [-0.25, -0.2) is 0 Å². The minimum atomic E-state index is 0.466. The summed E-state index contributed by atoms with van der Waals surface area (Å²) >= 11 is 0. The molecule has 6 heteroatoms. The first-order valence-corrected chi connectivity index (χ1v) is 9.04. The Balaban J connectivity index is 1.50. The Morgan fingerprint density at radius 2 is 1.89 bits per heavy atom. The predicted molar refractivity (Wildman–Crippen MR) is 107 cm³/mol. The molecule has 5 rings (SSSR count). The van der Waals surface area contributed by atoms with E-state index < -0.39 is 0 Å². The third-order valence-electron chi connectivity index (χ3n) is 4.81. The van der Waals surface area contributed by atoms with Crippen LogP contribution in [0.15, 0.2) is 67.0 Å². The molecule has 4 aromatic rings. The van der Waals surface area contributed by atoms with Crippen molar-refractivity contribution >= 4 is 34.0 Å². The maximum absolute atomic E-state index is 4.71. The van der Waals surface area contributed by atoms with Crippen molar-refractivity contribution in [2.24, 2.45) is 0 Å². The van der Waals surface area contributed by atoms with Crippen molar-refractivity contribution in [1.29, 1.82) is 0 Å². The average molecular weight is 354 g/mol. The molecule has 0 unspecified atom stereocenters. The van der Waals surface area contributed by atoms with Crippen LogP contribution >= 0.6 is 0 Å². The van der Waals surface area contributed by atoms with E-state index in [1.165, 1.54) is 11.3 Å². The van der Waals surface area contributed by atoms with E-state index in [4.69, 9.17) is 4.98 Å². The Bertz CT molecular complexity index is 1110. The molecule has 3 heterocycles. The van der Waals surface area contributed by atoms with Crippen molar-refractivity contribution in [3.63, 3.8) is 0 Å². The van der Waals surface area contributed by atoms with Crippen LogP contribution in [0.3, 0.4) is 0 Å². The van der Waals surface area contributed by atoms with Crippen molar-refractivity contribution in [1.82, 2.24) is 20.2 Å². The second-order valence-electron chi connectivity index (χ2n) is 6.53. The number of hydrogen-bond donors (Lipinski definition) is 1. The third-order valence-corrected chi connectivity index (χ3v) is 4.81. The lowest BCUT2D eigenvalue weighted by molar-refractivity contribution is 0.754. The molecule has 0 spiro atoms. The van der Waals surface area contributed by atoms with Crippen molar-refractivity contribution < 1.29 is 0 Å². The van der Waals surface area contributed by atoms with E-state index in [2.05, 4.69) is 49.7 Å². The second kappa shape index (κ2) is 6.64. The van der Waals surface area contributed by atoms with E-state index >= 15 is 0 Å². The van der Waals surface area contributed by atoms with Gasteiger partial charge in [-0.1, -0.05) is 36.4 Å². The Kier molecular flexibility index (Phi) is 3.86. The number of benzene rings is 2. The molecule has 0 fully saturated rings. The van der Waals surface area contributed by atoms with Crippen LogP contribution in [0.2, 0.25) is 0 Å². The number of aromatic nitrogens is 4. The number of fused-ring (bicyclic) bond motifs is 2. The van der Waals surface area contributed by atoms with Crippen molar-refractivity contribution in [2.45, 2.75) is 12.8 Å². The number of rotatable bonds is 3. The van der Waals surface area contributed by atoms with Crippen LogP contribution < -0.4 is 10.2 Å². The van der Waals surface area contributed by atoms with Gasteiger partial charge in [0.05, 0.1) is 17.4 Å². The van der Waals surface area contributed by atoms with Crippen LogP contribution in [-0.4, -0.2) is 26.7 Å². The van der Waals surface area contributed by atoms with Crippen LogP contribution in [0.5, 0.6) is 0 Å². The monoisotopic (exact) mass is 354 g/mol.